The molecule has 1 aromatic carbocycles. The van der Waals surface area contributed by atoms with E-state index in [0.29, 0.717) is 5.56 Å². The Morgan fingerprint density at radius 1 is 0.964 bits per heavy atom. The average molecular weight is 386 g/mol. The Kier molecular flexibility index (Phi) is 6.35. The fourth-order valence-corrected chi connectivity index (χ4v) is 2.36. The summed E-state index contributed by atoms with van der Waals surface area (Å²) in [6, 6.07) is 10.2. The minimum absolute atomic E-state index is 0.139. The van der Waals surface area contributed by atoms with Crippen LogP contribution in [0.4, 0.5) is 10.5 Å². The van der Waals surface area contributed by atoms with Gasteiger partial charge in [-0.05, 0) is 26.8 Å². The topological polar surface area (TPSA) is 104 Å². The van der Waals surface area contributed by atoms with Crippen LogP contribution in [0.5, 0.6) is 0 Å². The van der Waals surface area contributed by atoms with E-state index in [1.54, 1.807) is 45.0 Å². The van der Waals surface area contributed by atoms with Crippen molar-refractivity contribution in [2.24, 2.45) is 0 Å². The number of esters is 2. The number of anilines is 1. The molecule has 2 rings (SSSR count). The lowest BCUT2D eigenvalue weighted by molar-refractivity contribution is 0.0550. The molecule has 0 atom stereocenters. The number of amides is 1. The predicted molar refractivity (Wildman–Crippen MR) is 102 cm³/mol. The molecule has 8 nitrogen and oxygen atoms in total. The lowest BCUT2D eigenvalue weighted by Gasteiger charge is -2.21. The highest BCUT2D eigenvalue weighted by molar-refractivity contribution is 6.04. The molecule has 2 aromatic rings. The maximum atomic E-state index is 12.3. The lowest BCUT2D eigenvalue weighted by Crippen LogP contribution is -2.28. The normalized spacial score (nSPS) is 10.8. The van der Waals surface area contributed by atoms with Gasteiger partial charge in [-0.2, -0.15) is 0 Å². The van der Waals surface area contributed by atoms with Crippen LogP contribution in [0.2, 0.25) is 0 Å². The highest BCUT2D eigenvalue weighted by atomic mass is 16.6. The third kappa shape index (κ3) is 5.06. The highest BCUT2D eigenvalue weighted by Crippen LogP contribution is 2.29. The summed E-state index contributed by atoms with van der Waals surface area (Å²) in [5.41, 5.74) is 0.00726. The van der Waals surface area contributed by atoms with Crippen molar-refractivity contribution in [3.63, 3.8) is 0 Å². The molecule has 8 heteroatoms. The Morgan fingerprint density at radius 3 is 2.11 bits per heavy atom. The van der Waals surface area contributed by atoms with Crippen molar-refractivity contribution >= 4 is 23.7 Å². The van der Waals surface area contributed by atoms with Crippen molar-refractivity contribution in [2.75, 3.05) is 19.5 Å². The number of methoxy groups -OCH3 is 2. The number of nitrogens with one attached hydrogen (secondary N) is 1. The molecule has 0 unspecified atom stereocenters. The molecule has 0 aliphatic heterocycles. The first-order chi connectivity index (χ1) is 13.2. The van der Waals surface area contributed by atoms with E-state index in [1.807, 2.05) is 6.07 Å². The number of hydrogen-bond donors (Lipinski definition) is 1. The molecule has 0 radical (unpaired) electrons. The van der Waals surface area contributed by atoms with E-state index in [1.165, 1.54) is 20.3 Å². The Morgan fingerprint density at radius 2 is 1.57 bits per heavy atom. The number of ether oxygens (including phenoxy) is 3. The zero-order valence-electron chi connectivity index (χ0n) is 16.4. The quantitative estimate of drug-likeness (QED) is 0.631. The van der Waals surface area contributed by atoms with Gasteiger partial charge < -0.3 is 14.2 Å². The third-order valence-electron chi connectivity index (χ3n) is 3.49. The minimum Gasteiger partial charge on any atom is -0.465 e. The predicted octanol–water partition coefficient (Wildman–Crippen LogP) is 3.67. The molecule has 0 bridgehead atoms. The number of hydrogen-bond acceptors (Lipinski definition) is 7. The van der Waals surface area contributed by atoms with Gasteiger partial charge >= 0.3 is 18.0 Å². The van der Waals surface area contributed by atoms with Crippen molar-refractivity contribution in [2.45, 2.75) is 26.4 Å². The molecule has 0 fully saturated rings. The van der Waals surface area contributed by atoms with E-state index in [-0.39, 0.29) is 22.6 Å². The van der Waals surface area contributed by atoms with Gasteiger partial charge in [-0.25, -0.2) is 19.4 Å². The van der Waals surface area contributed by atoms with Gasteiger partial charge in [0.15, 0.2) is 5.69 Å². The number of aromatic nitrogens is 1. The maximum absolute atomic E-state index is 12.3. The third-order valence-corrected chi connectivity index (χ3v) is 3.49. The second-order valence-corrected chi connectivity index (χ2v) is 6.76. The van der Waals surface area contributed by atoms with Gasteiger partial charge in [0.25, 0.3) is 0 Å². The van der Waals surface area contributed by atoms with E-state index >= 15 is 0 Å². The van der Waals surface area contributed by atoms with E-state index < -0.39 is 23.6 Å². The van der Waals surface area contributed by atoms with Gasteiger partial charge in [0.1, 0.15) is 5.60 Å². The molecular weight excluding hydrogens is 364 g/mol. The van der Waals surface area contributed by atoms with Gasteiger partial charge in [0.05, 0.1) is 31.2 Å². The summed E-state index contributed by atoms with van der Waals surface area (Å²) in [6.45, 7) is 5.18. The molecule has 1 N–H and O–H groups in total. The smallest absolute Gasteiger partial charge is 0.412 e. The Balaban J connectivity index is 2.64. The number of pyridine rings is 1. The molecule has 28 heavy (non-hydrogen) atoms. The number of carbonyl (C=O) groups excluding carboxylic acids is 3. The van der Waals surface area contributed by atoms with Crippen LogP contribution in [0.1, 0.15) is 41.6 Å². The first-order valence-electron chi connectivity index (χ1n) is 8.43. The van der Waals surface area contributed by atoms with E-state index in [2.05, 4.69) is 10.3 Å². The van der Waals surface area contributed by atoms with Crippen LogP contribution in [0, 0.1) is 0 Å². The van der Waals surface area contributed by atoms with Crippen molar-refractivity contribution in [3.05, 3.63) is 47.7 Å². The SMILES string of the molecule is COC(=O)c1cc(NC(=O)OC(C)(C)C)c(-c2ccccc2)nc1C(=O)OC. The van der Waals surface area contributed by atoms with Crippen molar-refractivity contribution < 1.29 is 28.6 Å². The van der Waals surface area contributed by atoms with E-state index in [9.17, 15) is 14.4 Å². The van der Waals surface area contributed by atoms with Gasteiger partial charge in [-0.15, -0.1) is 0 Å². The van der Waals surface area contributed by atoms with Crippen molar-refractivity contribution in [3.8, 4) is 11.3 Å². The molecule has 0 spiro atoms. The summed E-state index contributed by atoms with van der Waals surface area (Å²) in [6.07, 6.45) is -0.729. The number of carbonyl (C=O) groups is 3. The van der Waals surface area contributed by atoms with Crippen molar-refractivity contribution in [1.29, 1.82) is 0 Å². The summed E-state index contributed by atoms with van der Waals surface area (Å²) >= 11 is 0. The Bertz CT molecular complexity index is 888. The van der Waals surface area contributed by atoms with Gasteiger partial charge in [0, 0.05) is 5.56 Å². The molecule has 0 aliphatic carbocycles. The number of rotatable bonds is 4. The monoisotopic (exact) mass is 386 g/mol. The zero-order valence-corrected chi connectivity index (χ0v) is 16.4. The molecule has 0 aliphatic rings. The van der Waals surface area contributed by atoms with Crippen LogP contribution in [-0.4, -0.2) is 42.8 Å². The fourth-order valence-electron chi connectivity index (χ4n) is 2.36. The molecular formula is C20H22N2O6. The summed E-state index contributed by atoms with van der Waals surface area (Å²) in [7, 11) is 2.36. The summed E-state index contributed by atoms with van der Waals surface area (Å²) in [5.74, 6) is -1.60. The van der Waals surface area contributed by atoms with Crippen molar-refractivity contribution in [1.82, 2.24) is 4.98 Å². The summed E-state index contributed by atoms with van der Waals surface area (Å²) in [4.78, 5) is 40.9. The number of benzene rings is 1. The molecule has 148 valence electrons. The molecule has 1 amide bonds. The minimum atomic E-state index is -0.804. The first kappa shape index (κ1) is 20.9. The molecule has 0 saturated heterocycles. The van der Waals surface area contributed by atoms with Gasteiger partial charge in [-0.1, -0.05) is 30.3 Å². The largest absolute Gasteiger partial charge is 0.465 e. The van der Waals surface area contributed by atoms with Gasteiger partial charge in [0.2, 0.25) is 0 Å². The second kappa shape index (κ2) is 8.51. The van der Waals surface area contributed by atoms with Gasteiger partial charge in [-0.3, -0.25) is 5.32 Å². The first-order valence-corrected chi connectivity index (χ1v) is 8.43. The highest BCUT2D eigenvalue weighted by Gasteiger charge is 2.26. The summed E-state index contributed by atoms with van der Waals surface area (Å²) in [5, 5.41) is 2.59. The van der Waals surface area contributed by atoms with Crippen LogP contribution >= 0.6 is 0 Å². The fraction of sp³-hybridized carbons (Fsp3) is 0.300. The molecule has 0 saturated carbocycles. The maximum Gasteiger partial charge on any atom is 0.412 e. The van der Waals surface area contributed by atoms with Crippen LogP contribution in [0.3, 0.4) is 0 Å². The summed E-state index contributed by atoms with van der Waals surface area (Å²) < 4.78 is 14.7. The second-order valence-electron chi connectivity index (χ2n) is 6.76. The lowest BCUT2D eigenvalue weighted by atomic mass is 10.1. The molecule has 1 heterocycles. The van der Waals surface area contributed by atoms with Crippen LogP contribution < -0.4 is 5.32 Å². The average Bonchev–Trinajstić information content (AvgIpc) is 2.65. The zero-order chi connectivity index (χ0) is 20.9. The van der Waals surface area contributed by atoms with Crippen LogP contribution in [0.15, 0.2) is 36.4 Å². The number of nitrogens with zero attached hydrogens (tertiary/aromatic N) is 1. The Hall–Kier alpha value is -3.42. The van der Waals surface area contributed by atoms with E-state index in [0.717, 1.165) is 0 Å². The molecule has 1 aromatic heterocycles. The standard InChI is InChI=1S/C20H22N2O6/c1-20(2,3)28-19(25)21-14-11-13(17(23)26-4)16(18(24)27-5)22-15(14)12-9-7-6-8-10-12/h6-11H,1-5H3,(H,21,25). The Labute approximate surface area is 162 Å². The van der Waals surface area contributed by atoms with E-state index in [4.69, 9.17) is 14.2 Å². The van der Waals surface area contributed by atoms with Crippen LogP contribution in [0.25, 0.3) is 11.3 Å². The van der Waals surface area contributed by atoms with Crippen LogP contribution in [-0.2, 0) is 14.2 Å².